The fourth-order valence-corrected chi connectivity index (χ4v) is 3.80. The van der Waals surface area contributed by atoms with Crippen molar-refractivity contribution in [3.05, 3.63) is 55.4 Å². The Morgan fingerprint density at radius 1 is 1.14 bits per heavy atom. The molecule has 2 atom stereocenters. The number of pyridine rings is 2. The normalized spacial score (nSPS) is 19.8. The molecule has 4 heterocycles. The minimum atomic E-state index is -0.223. The third-order valence-corrected chi connectivity index (χ3v) is 5.23. The van der Waals surface area contributed by atoms with Crippen LogP contribution in [0.25, 0.3) is 28.1 Å². The summed E-state index contributed by atoms with van der Waals surface area (Å²) in [6.45, 7) is 0. The zero-order valence-electron chi connectivity index (χ0n) is 15.3. The van der Waals surface area contributed by atoms with Gasteiger partial charge in [0, 0.05) is 17.8 Å². The Labute approximate surface area is 162 Å². The first-order valence-electron chi connectivity index (χ1n) is 9.54. The first-order chi connectivity index (χ1) is 13.8. The molecule has 1 fully saturated rings. The zero-order chi connectivity index (χ0) is 18.9. The minimum Gasteiger partial charge on any atom is -0.472 e. The third-order valence-electron chi connectivity index (χ3n) is 5.23. The van der Waals surface area contributed by atoms with Crippen molar-refractivity contribution in [2.45, 2.75) is 37.8 Å². The van der Waals surface area contributed by atoms with E-state index in [9.17, 15) is 5.11 Å². The molecule has 0 spiro atoms. The van der Waals surface area contributed by atoms with E-state index in [0.29, 0.717) is 0 Å². The minimum absolute atomic E-state index is 0.223. The molecular weight excluding hydrogens is 354 g/mol. The molecule has 1 aliphatic rings. The molecule has 28 heavy (non-hydrogen) atoms. The van der Waals surface area contributed by atoms with E-state index < -0.39 is 0 Å². The molecule has 2 N–H and O–H groups in total. The van der Waals surface area contributed by atoms with Crippen molar-refractivity contribution in [1.29, 1.82) is 0 Å². The van der Waals surface area contributed by atoms with Gasteiger partial charge in [0.25, 0.3) is 0 Å². The number of hydrogen-bond acceptors (Lipinski definition) is 6. The molecule has 7 heteroatoms. The second-order valence-electron chi connectivity index (χ2n) is 7.23. The molecule has 7 nitrogen and oxygen atoms in total. The number of rotatable bonds is 4. The molecule has 0 saturated heterocycles. The van der Waals surface area contributed by atoms with Crippen LogP contribution in [0, 0.1) is 0 Å². The second kappa shape index (κ2) is 7.09. The maximum atomic E-state index is 9.91. The molecule has 5 rings (SSSR count). The van der Waals surface area contributed by atoms with E-state index in [1.165, 1.54) is 0 Å². The van der Waals surface area contributed by atoms with Crippen molar-refractivity contribution in [3.63, 3.8) is 0 Å². The number of imidazole rings is 1. The summed E-state index contributed by atoms with van der Waals surface area (Å²) in [6, 6.07) is 9.98. The summed E-state index contributed by atoms with van der Waals surface area (Å²) >= 11 is 0. The molecule has 0 radical (unpaired) electrons. The van der Waals surface area contributed by atoms with E-state index in [2.05, 4.69) is 15.3 Å². The molecule has 4 aromatic rings. The van der Waals surface area contributed by atoms with Crippen molar-refractivity contribution in [2.75, 3.05) is 5.32 Å². The summed E-state index contributed by atoms with van der Waals surface area (Å²) in [5.74, 6) is 0.803. The van der Waals surface area contributed by atoms with Gasteiger partial charge in [-0.1, -0.05) is 0 Å². The van der Waals surface area contributed by atoms with Gasteiger partial charge in [-0.3, -0.25) is 9.55 Å². The topological polar surface area (TPSA) is 89.0 Å². The van der Waals surface area contributed by atoms with Crippen LogP contribution in [0.4, 0.5) is 5.82 Å². The Kier molecular flexibility index (Phi) is 4.29. The highest BCUT2D eigenvalue weighted by atomic mass is 16.3. The maximum absolute atomic E-state index is 9.91. The number of fused-ring (bicyclic) bond motifs is 1. The molecule has 0 aromatic carbocycles. The average molecular weight is 375 g/mol. The maximum Gasteiger partial charge on any atom is 0.166 e. The van der Waals surface area contributed by atoms with E-state index in [0.717, 1.165) is 59.6 Å². The summed E-state index contributed by atoms with van der Waals surface area (Å²) in [7, 11) is 0. The third kappa shape index (κ3) is 3.25. The van der Waals surface area contributed by atoms with Crippen molar-refractivity contribution in [3.8, 4) is 16.9 Å². The molecule has 1 saturated carbocycles. The first-order valence-corrected chi connectivity index (χ1v) is 9.54. The number of nitrogens with one attached hydrogen (secondary N) is 1. The molecule has 0 unspecified atom stereocenters. The molecule has 0 bridgehead atoms. The lowest BCUT2D eigenvalue weighted by molar-refractivity contribution is 0.124. The van der Waals surface area contributed by atoms with Gasteiger partial charge in [-0.25, -0.2) is 9.97 Å². The van der Waals surface area contributed by atoms with Gasteiger partial charge in [-0.2, -0.15) is 0 Å². The van der Waals surface area contributed by atoms with Gasteiger partial charge < -0.3 is 14.8 Å². The van der Waals surface area contributed by atoms with Crippen LogP contribution in [0.5, 0.6) is 0 Å². The van der Waals surface area contributed by atoms with Gasteiger partial charge in [-0.05, 0) is 56.0 Å². The van der Waals surface area contributed by atoms with Crippen molar-refractivity contribution in [1.82, 2.24) is 19.5 Å². The molecule has 142 valence electrons. The number of furan rings is 1. The second-order valence-corrected chi connectivity index (χ2v) is 7.23. The quantitative estimate of drug-likeness (QED) is 0.564. The molecule has 4 aromatic heterocycles. The summed E-state index contributed by atoms with van der Waals surface area (Å²) in [5, 5.41) is 13.4. The van der Waals surface area contributed by atoms with Crippen molar-refractivity contribution in [2.24, 2.45) is 0 Å². The van der Waals surface area contributed by atoms with E-state index in [1.54, 1.807) is 25.1 Å². The number of aliphatic hydroxyl groups excluding tert-OH is 1. The molecule has 1 aliphatic carbocycles. The van der Waals surface area contributed by atoms with E-state index in [-0.39, 0.29) is 12.1 Å². The Morgan fingerprint density at radius 3 is 2.96 bits per heavy atom. The van der Waals surface area contributed by atoms with Crippen molar-refractivity contribution >= 4 is 17.0 Å². The van der Waals surface area contributed by atoms with Gasteiger partial charge in [-0.15, -0.1) is 0 Å². The van der Waals surface area contributed by atoms with Gasteiger partial charge in [0.05, 0.1) is 30.0 Å². The predicted octanol–water partition coefficient (Wildman–Crippen LogP) is 3.79. The highest BCUT2D eigenvalue weighted by molar-refractivity contribution is 5.75. The SMILES string of the molecule is O[C@H]1CCC[C@H](Nc2ccc3ncn(-c4ccnc(-c5ccoc5)c4)c3n2)C1. The van der Waals surface area contributed by atoms with Crippen LogP contribution in [0.1, 0.15) is 25.7 Å². The standard InChI is InChI=1S/C21H21N5O2/c27-17-3-1-2-15(10-17)24-20-5-4-18-21(25-20)26(13-23-18)16-6-8-22-19(11-16)14-7-9-28-12-14/h4-9,11-13,15,17,27H,1-3,10H2,(H,24,25)/t15-,17-/m0/s1. The number of aromatic nitrogens is 4. The van der Waals surface area contributed by atoms with E-state index in [4.69, 9.17) is 9.40 Å². The predicted molar refractivity (Wildman–Crippen MR) is 106 cm³/mol. The highest BCUT2D eigenvalue weighted by Crippen LogP contribution is 2.25. The van der Waals surface area contributed by atoms with Crippen LogP contribution in [-0.4, -0.2) is 36.8 Å². The smallest absolute Gasteiger partial charge is 0.166 e. The van der Waals surface area contributed by atoms with Crippen LogP contribution >= 0.6 is 0 Å². The highest BCUT2D eigenvalue weighted by Gasteiger charge is 2.20. The fraction of sp³-hybridized carbons (Fsp3) is 0.286. The lowest BCUT2D eigenvalue weighted by Gasteiger charge is -2.27. The van der Waals surface area contributed by atoms with E-state index >= 15 is 0 Å². The van der Waals surface area contributed by atoms with E-state index in [1.807, 2.05) is 34.9 Å². The van der Waals surface area contributed by atoms with Gasteiger partial charge in [0.15, 0.2) is 5.65 Å². The lowest BCUT2D eigenvalue weighted by atomic mass is 9.93. The summed E-state index contributed by atoms with van der Waals surface area (Å²) in [6.07, 6.45) is 10.4. The van der Waals surface area contributed by atoms with Crippen LogP contribution in [-0.2, 0) is 0 Å². The molecule has 0 amide bonds. The Morgan fingerprint density at radius 2 is 2.11 bits per heavy atom. The van der Waals surface area contributed by atoms with Gasteiger partial charge in [0.1, 0.15) is 17.7 Å². The number of hydrogen-bond donors (Lipinski definition) is 2. The fourth-order valence-electron chi connectivity index (χ4n) is 3.80. The largest absolute Gasteiger partial charge is 0.472 e. The van der Waals surface area contributed by atoms with Crippen LogP contribution < -0.4 is 5.32 Å². The van der Waals surface area contributed by atoms with Gasteiger partial charge >= 0.3 is 0 Å². The summed E-state index contributed by atoms with van der Waals surface area (Å²) < 4.78 is 7.13. The number of aliphatic hydroxyl groups is 1. The van der Waals surface area contributed by atoms with Crippen molar-refractivity contribution < 1.29 is 9.52 Å². The van der Waals surface area contributed by atoms with Crippen LogP contribution in [0.2, 0.25) is 0 Å². The Bertz CT molecular complexity index is 1090. The molecular formula is C21H21N5O2. The van der Waals surface area contributed by atoms with Gasteiger partial charge in [0.2, 0.25) is 0 Å². The average Bonchev–Trinajstić information content (AvgIpc) is 3.38. The van der Waals surface area contributed by atoms with Crippen LogP contribution in [0.3, 0.4) is 0 Å². The number of anilines is 1. The van der Waals surface area contributed by atoms with Crippen LogP contribution in [0.15, 0.2) is 59.8 Å². The zero-order valence-corrected chi connectivity index (χ0v) is 15.3. The summed E-state index contributed by atoms with van der Waals surface area (Å²) in [4.78, 5) is 13.7. The molecule has 0 aliphatic heterocycles. The first kappa shape index (κ1) is 16.9. The lowest BCUT2D eigenvalue weighted by Crippen LogP contribution is -2.30. The Balaban J connectivity index is 1.48. The number of nitrogens with zero attached hydrogens (tertiary/aromatic N) is 4. The Hall–Kier alpha value is -3.19. The summed E-state index contributed by atoms with van der Waals surface area (Å²) in [5.41, 5.74) is 4.31. The monoisotopic (exact) mass is 375 g/mol.